The number of para-hydroxylation sites is 2. The molecule has 0 bridgehead atoms. The maximum atomic E-state index is 12.5. The Hall–Kier alpha value is -3.27. The van der Waals surface area contributed by atoms with Crippen molar-refractivity contribution >= 4 is 11.6 Å². The number of carbonyl (C=O) groups is 1. The molecular weight excluding hydrogens is 326 g/mol. The van der Waals surface area contributed by atoms with E-state index < -0.39 is 6.10 Å². The van der Waals surface area contributed by atoms with Gasteiger partial charge in [-0.1, -0.05) is 43.3 Å². The Labute approximate surface area is 153 Å². The Morgan fingerprint density at radius 3 is 1.92 bits per heavy atom. The van der Waals surface area contributed by atoms with E-state index in [0.29, 0.717) is 23.6 Å². The molecular formula is C22H21NO3. The van der Waals surface area contributed by atoms with Crippen molar-refractivity contribution in [2.75, 3.05) is 5.32 Å². The van der Waals surface area contributed by atoms with Gasteiger partial charge in [0.05, 0.1) is 0 Å². The molecule has 0 spiro atoms. The summed E-state index contributed by atoms with van der Waals surface area (Å²) >= 11 is 0. The fourth-order valence-corrected chi connectivity index (χ4v) is 2.44. The van der Waals surface area contributed by atoms with Gasteiger partial charge in [0.15, 0.2) is 6.10 Å². The van der Waals surface area contributed by atoms with Crippen LogP contribution in [0.3, 0.4) is 0 Å². The molecule has 3 rings (SSSR count). The van der Waals surface area contributed by atoms with Crippen LogP contribution in [-0.2, 0) is 4.79 Å². The summed E-state index contributed by atoms with van der Waals surface area (Å²) in [5, 5.41) is 2.88. The minimum absolute atomic E-state index is 0.173. The zero-order chi connectivity index (χ0) is 18.2. The second-order valence-electron chi connectivity index (χ2n) is 5.76. The van der Waals surface area contributed by atoms with Gasteiger partial charge in [-0.05, 0) is 55.0 Å². The lowest BCUT2D eigenvalue weighted by Gasteiger charge is -2.17. The lowest BCUT2D eigenvalue weighted by molar-refractivity contribution is -0.122. The summed E-state index contributed by atoms with van der Waals surface area (Å²) in [7, 11) is 0. The van der Waals surface area contributed by atoms with Crippen LogP contribution in [0.15, 0.2) is 84.9 Å². The first-order chi connectivity index (χ1) is 12.7. The number of amides is 1. The van der Waals surface area contributed by atoms with Gasteiger partial charge in [0.2, 0.25) is 0 Å². The molecule has 4 nitrogen and oxygen atoms in total. The Balaban J connectivity index is 1.59. The van der Waals surface area contributed by atoms with Gasteiger partial charge in [-0.25, -0.2) is 0 Å². The van der Waals surface area contributed by atoms with E-state index >= 15 is 0 Å². The number of nitrogens with one attached hydrogen (secondary N) is 1. The first-order valence-electron chi connectivity index (χ1n) is 8.60. The second kappa shape index (κ2) is 8.72. The van der Waals surface area contributed by atoms with Crippen LogP contribution in [0.1, 0.15) is 13.3 Å². The molecule has 0 aromatic heterocycles. The molecule has 1 amide bonds. The molecule has 132 valence electrons. The Morgan fingerprint density at radius 1 is 0.808 bits per heavy atom. The predicted octanol–water partition coefficient (Wildman–Crippen LogP) is 5.28. The van der Waals surface area contributed by atoms with Crippen LogP contribution in [-0.4, -0.2) is 12.0 Å². The zero-order valence-electron chi connectivity index (χ0n) is 14.6. The highest BCUT2D eigenvalue weighted by Crippen LogP contribution is 2.23. The molecule has 1 atom stereocenters. The fraction of sp³-hybridized carbons (Fsp3) is 0.136. The topological polar surface area (TPSA) is 47.6 Å². The van der Waals surface area contributed by atoms with Gasteiger partial charge in [-0.15, -0.1) is 0 Å². The summed E-state index contributed by atoms with van der Waals surface area (Å²) < 4.78 is 11.5. The van der Waals surface area contributed by atoms with Crippen LogP contribution >= 0.6 is 0 Å². The summed E-state index contributed by atoms with van der Waals surface area (Å²) in [4.78, 5) is 12.5. The molecule has 0 fully saturated rings. The van der Waals surface area contributed by atoms with Gasteiger partial charge >= 0.3 is 0 Å². The summed E-state index contributed by atoms with van der Waals surface area (Å²) in [5.74, 6) is 1.99. The number of anilines is 1. The summed E-state index contributed by atoms with van der Waals surface area (Å²) in [6.07, 6.45) is 0.0354. The third-order valence-electron chi connectivity index (χ3n) is 3.79. The van der Waals surface area contributed by atoms with Crippen LogP contribution < -0.4 is 14.8 Å². The molecule has 3 aromatic carbocycles. The lowest BCUT2D eigenvalue weighted by atomic mass is 10.2. The van der Waals surface area contributed by atoms with E-state index in [1.54, 1.807) is 0 Å². The van der Waals surface area contributed by atoms with E-state index in [4.69, 9.17) is 9.47 Å². The van der Waals surface area contributed by atoms with E-state index in [9.17, 15) is 4.79 Å². The van der Waals surface area contributed by atoms with E-state index in [-0.39, 0.29) is 5.91 Å². The predicted molar refractivity (Wildman–Crippen MR) is 103 cm³/mol. The highest BCUT2D eigenvalue weighted by Gasteiger charge is 2.18. The average Bonchev–Trinajstić information content (AvgIpc) is 2.69. The quantitative estimate of drug-likeness (QED) is 0.633. The number of benzene rings is 3. The van der Waals surface area contributed by atoms with Gasteiger partial charge in [0.25, 0.3) is 5.91 Å². The van der Waals surface area contributed by atoms with Crippen molar-refractivity contribution in [3.8, 4) is 17.2 Å². The van der Waals surface area contributed by atoms with Gasteiger partial charge < -0.3 is 14.8 Å². The maximum absolute atomic E-state index is 12.5. The van der Waals surface area contributed by atoms with Crippen LogP contribution in [0.25, 0.3) is 0 Å². The van der Waals surface area contributed by atoms with Crippen LogP contribution in [0.2, 0.25) is 0 Å². The van der Waals surface area contributed by atoms with E-state index in [1.165, 1.54) is 0 Å². The van der Waals surface area contributed by atoms with E-state index in [2.05, 4.69) is 5.32 Å². The molecule has 4 heteroatoms. The van der Waals surface area contributed by atoms with Crippen molar-refractivity contribution in [1.29, 1.82) is 0 Å². The van der Waals surface area contributed by atoms with Crippen LogP contribution in [0, 0.1) is 0 Å². The van der Waals surface area contributed by atoms with Gasteiger partial charge in [0, 0.05) is 5.69 Å². The van der Waals surface area contributed by atoms with E-state index in [1.807, 2.05) is 91.9 Å². The monoisotopic (exact) mass is 347 g/mol. The highest BCUT2D eigenvalue weighted by atomic mass is 16.5. The normalized spacial score (nSPS) is 11.4. The summed E-state index contributed by atoms with van der Waals surface area (Å²) in [6.45, 7) is 1.92. The first kappa shape index (κ1) is 17.5. The molecule has 0 aliphatic carbocycles. The minimum Gasteiger partial charge on any atom is -0.481 e. The Bertz CT molecular complexity index is 817. The average molecular weight is 347 g/mol. The van der Waals surface area contributed by atoms with Gasteiger partial charge in [-0.3, -0.25) is 4.79 Å². The van der Waals surface area contributed by atoms with Crippen molar-refractivity contribution in [2.45, 2.75) is 19.4 Å². The Morgan fingerprint density at radius 2 is 1.35 bits per heavy atom. The fourth-order valence-electron chi connectivity index (χ4n) is 2.44. The van der Waals surface area contributed by atoms with Crippen molar-refractivity contribution in [1.82, 2.24) is 0 Å². The number of hydrogen-bond donors (Lipinski definition) is 1. The van der Waals surface area contributed by atoms with Crippen LogP contribution in [0.5, 0.6) is 17.2 Å². The van der Waals surface area contributed by atoms with Gasteiger partial charge in [-0.2, -0.15) is 0 Å². The molecule has 26 heavy (non-hydrogen) atoms. The maximum Gasteiger partial charge on any atom is 0.265 e. The molecule has 1 N–H and O–H groups in total. The second-order valence-corrected chi connectivity index (χ2v) is 5.76. The molecule has 0 radical (unpaired) electrons. The minimum atomic E-state index is -0.544. The standard InChI is InChI=1S/C22H21NO3/c1-2-21(26-19-11-7-4-8-12-19)22(24)23-17-13-15-20(16-14-17)25-18-9-5-3-6-10-18/h3-16,21H,2H2,1H3,(H,23,24). The number of ether oxygens (including phenoxy) is 2. The van der Waals surface area contributed by atoms with Crippen molar-refractivity contribution in [3.63, 3.8) is 0 Å². The third-order valence-corrected chi connectivity index (χ3v) is 3.79. The summed E-state index contributed by atoms with van der Waals surface area (Å²) in [6, 6.07) is 26.2. The number of hydrogen-bond acceptors (Lipinski definition) is 3. The zero-order valence-corrected chi connectivity index (χ0v) is 14.6. The molecule has 0 aliphatic heterocycles. The first-order valence-corrected chi connectivity index (χ1v) is 8.60. The SMILES string of the molecule is CCC(Oc1ccccc1)C(=O)Nc1ccc(Oc2ccccc2)cc1. The van der Waals surface area contributed by atoms with Crippen LogP contribution in [0.4, 0.5) is 5.69 Å². The molecule has 0 aliphatic rings. The summed E-state index contributed by atoms with van der Waals surface area (Å²) in [5.41, 5.74) is 0.700. The van der Waals surface area contributed by atoms with Gasteiger partial charge in [0.1, 0.15) is 17.2 Å². The van der Waals surface area contributed by atoms with E-state index in [0.717, 1.165) is 5.75 Å². The molecule has 0 saturated carbocycles. The largest absolute Gasteiger partial charge is 0.481 e. The molecule has 1 unspecified atom stereocenters. The number of rotatable bonds is 7. The molecule has 0 saturated heterocycles. The van der Waals surface area contributed by atoms with Crippen molar-refractivity contribution in [2.24, 2.45) is 0 Å². The molecule has 3 aromatic rings. The number of carbonyl (C=O) groups excluding carboxylic acids is 1. The highest BCUT2D eigenvalue weighted by molar-refractivity contribution is 5.94. The third kappa shape index (κ3) is 4.86. The van der Waals surface area contributed by atoms with Crippen molar-refractivity contribution in [3.05, 3.63) is 84.9 Å². The van der Waals surface area contributed by atoms with Crippen molar-refractivity contribution < 1.29 is 14.3 Å². The lowest BCUT2D eigenvalue weighted by Crippen LogP contribution is -2.32. The Kier molecular flexibility index (Phi) is 5.88. The smallest absolute Gasteiger partial charge is 0.265 e. The molecule has 0 heterocycles.